The lowest BCUT2D eigenvalue weighted by molar-refractivity contribution is -0.398. The van der Waals surface area contributed by atoms with Gasteiger partial charge in [0.1, 0.15) is 5.71 Å². The third kappa shape index (κ3) is 4.34. The van der Waals surface area contributed by atoms with E-state index in [9.17, 15) is 20.0 Å². The molecular weight excluding hydrogens is 358 g/mol. The summed E-state index contributed by atoms with van der Waals surface area (Å²) in [6, 6.07) is 21.1. The van der Waals surface area contributed by atoms with Gasteiger partial charge in [-0.2, -0.15) is 5.10 Å². The predicted molar refractivity (Wildman–Crippen MR) is 104 cm³/mol. The molecule has 0 saturated carbocycles. The van der Waals surface area contributed by atoms with Gasteiger partial charge < -0.3 is 5.11 Å². The van der Waals surface area contributed by atoms with E-state index in [1.54, 1.807) is 54.6 Å². The molecule has 0 aliphatic carbocycles. The topological polar surface area (TPSA) is 108 Å². The molecule has 3 aromatic carbocycles. The monoisotopic (exact) mass is 372 g/mol. The molecule has 0 radical (unpaired) electrons. The second-order valence-corrected chi connectivity index (χ2v) is 5.74. The first-order valence-corrected chi connectivity index (χ1v) is 8.28. The molecule has 0 unspecified atom stereocenters. The summed E-state index contributed by atoms with van der Waals surface area (Å²) in [6.07, 6.45) is 1.26. The van der Waals surface area contributed by atoms with E-state index in [0.29, 0.717) is 16.7 Å². The minimum Gasteiger partial charge on any atom is -0.868 e. The number of Topliss-reactive ketones (excluding diaryl/α,β-unsaturated/α-hetero) is 1. The van der Waals surface area contributed by atoms with Crippen LogP contribution in [-0.2, 0) is 0 Å². The number of rotatable bonds is 6. The number of nitro benzene ring substituents is 1. The number of carbonyl (C=O) groups excluding carboxylic acids is 1. The summed E-state index contributed by atoms with van der Waals surface area (Å²) in [5.41, 5.74) is 0.977. The summed E-state index contributed by atoms with van der Waals surface area (Å²) in [7, 11) is 0. The molecule has 0 fully saturated rings. The largest absolute Gasteiger partial charge is 0.868 e. The van der Waals surface area contributed by atoms with Gasteiger partial charge in [-0.05, 0) is 5.75 Å². The minimum atomic E-state index is -0.753. The number of hydrogen-bond donors (Lipinski definition) is 0. The van der Waals surface area contributed by atoms with Gasteiger partial charge in [-0.25, -0.2) is 0 Å². The van der Waals surface area contributed by atoms with Gasteiger partial charge in [0.15, 0.2) is 0 Å². The third-order valence-electron chi connectivity index (χ3n) is 3.84. The molecule has 0 N–H and O–H groups in total. The third-order valence-corrected chi connectivity index (χ3v) is 3.84. The van der Waals surface area contributed by atoms with Crippen LogP contribution in [0.3, 0.4) is 0 Å². The van der Waals surface area contributed by atoms with Gasteiger partial charge in [-0.15, -0.1) is 5.10 Å². The zero-order valence-electron chi connectivity index (χ0n) is 14.6. The normalized spacial score (nSPS) is 11.5. The summed E-state index contributed by atoms with van der Waals surface area (Å²) in [5.74, 6) is -0.986. The average Bonchev–Trinajstić information content (AvgIpc) is 2.73. The van der Waals surface area contributed by atoms with Crippen molar-refractivity contribution < 1.29 is 14.8 Å². The second kappa shape index (κ2) is 8.50. The Kier molecular flexibility index (Phi) is 5.66. The van der Waals surface area contributed by atoms with E-state index in [4.69, 9.17) is 0 Å². The first kappa shape index (κ1) is 18.7. The molecule has 7 nitrogen and oxygen atoms in total. The van der Waals surface area contributed by atoms with Crippen LogP contribution >= 0.6 is 0 Å². The molecule has 0 aliphatic rings. The zero-order valence-corrected chi connectivity index (χ0v) is 14.6. The molecule has 0 aliphatic heterocycles. The standard InChI is InChI=1S/C21H15N3O4/c25-19-12-11-15(13-18(19)24(27)28)14-22-23-20(16-7-3-1-4-8-16)21(26)17-9-5-2-6-10-17/h1-14,25H/p-1/b22-14-,23-20-. The minimum absolute atomic E-state index is 0.137. The van der Waals surface area contributed by atoms with Crippen LogP contribution in [-0.4, -0.2) is 22.6 Å². The van der Waals surface area contributed by atoms with E-state index in [1.807, 2.05) is 6.07 Å². The van der Waals surface area contributed by atoms with Crippen molar-refractivity contribution in [2.45, 2.75) is 0 Å². The summed E-state index contributed by atoms with van der Waals surface area (Å²) in [5, 5.41) is 30.3. The Hall–Kier alpha value is -4.13. The maximum Gasteiger partial charge on any atom is 0.262 e. The van der Waals surface area contributed by atoms with Gasteiger partial charge in [-0.1, -0.05) is 72.8 Å². The van der Waals surface area contributed by atoms with Gasteiger partial charge >= 0.3 is 0 Å². The Balaban J connectivity index is 1.96. The Bertz CT molecular complexity index is 1060. The molecule has 3 rings (SSSR count). The van der Waals surface area contributed by atoms with Crippen molar-refractivity contribution in [3.05, 3.63) is 106 Å². The smallest absolute Gasteiger partial charge is 0.262 e. The lowest BCUT2D eigenvalue weighted by Crippen LogP contribution is -2.15. The molecule has 0 saturated heterocycles. The number of hydrogen-bond acceptors (Lipinski definition) is 6. The van der Waals surface area contributed by atoms with Crippen LogP contribution in [0.2, 0.25) is 0 Å². The molecule has 0 heterocycles. The van der Waals surface area contributed by atoms with Crippen LogP contribution in [0.15, 0.2) is 89.1 Å². The molecule has 138 valence electrons. The lowest BCUT2D eigenvalue weighted by atomic mass is 10.0. The SMILES string of the molecule is O=C(/C(=N\N=C/c1ccc([O-])c([N+](=O)[O-])c1)c1ccccc1)c1ccccc1. The van der Waals surface area contributed by atoms with Gasteiger partial charge in [-0.3, -0.25) is 14.9 Å². The molecule has 0 spiro atoms. The van der Waals surface area contributed by atoms with Crippen molar-refractivity contribution >= 4 is 23.4 Å². The number of benzene rings is 3. The molecule has 0 bridgehead atoms. The van der Waals surface area contributed by atoms with Gasteiger partial charge in [0, 0.05) is 22.8 Å². The molecule has 3 aromatic rings. The van der Waals surface area contributed by atoms with Crippen molar-refractivity contribution in [1.82, 2.24) is 0 Å². The highest BCUT2D eigenvalue weighted by atomic mass is 16.6. The van der Waals surface area contributed by atoms with Crippen LogP contribution < -0.4 is 5.11 Å². The number of carbonyl (C=O) groups is 1. The summed E-state index contributed by atoms with van der Waals surface area (Å²) in [6.45, 7) is 0. The summed E-state index contributed by atoms with van der Waals surface area (Å²) < 4.78 is 0. The van der Waals surface area contributed by atoms with E-state index in [0.717, 1.165) is 12.1 Å². The van der Waals surface area contributed by atoms with Crippen molar-refractivity contribution in [2.24, 2.45) is 10.2 Å². The lowest BCUT2D eigenvalue weighted by Gasteiger charge is -2.06. The van der Waals surface area contributed by atoms with Gasteiger partial charge in [0.2, 0.25) is 5.78 Å². The Labute approximate surface area is 160 Å². The highest BCUT2D eigenvalue weighted by molar-refractivity contribution is 6.51. The summed E-state index contributed by atoms with van der Waals surface area (Å²) >= 11 is 0. The van der Waals surface area contributed by atoms with Gasteiger partial charge in [0.25, 0.3) is 5.69 Å². The van der Waals surface area contributed by atoms with E-state index in [-0.39, 0.29) is 11.5 Å². The van der Waals surface area contributed by atoms with Crippen molar-refractivity contribution in [3.8, 4) is 5.75 Å². The molecule has 0 aromatic heterocycles. The quantitative estimate of drug-likeness (QED) is 0.286. The van der Waals surface area contributed by atoms with Crippen LogP contribution in [0.25, 0.3) is 0 Å². The van der Waals surface area contributed by atoms with Crippen molar-refractivity contribution in [1.29, 1.82) is 0 Å². The summed E-state index contributed by atoms with van der Waals surface area (Å²) in [4.78, 5) is 23.0. The van der Waals surface area contributed by atoms with Crippen molar-refractivity contribution in [3.63, 3.8) is 0 Å². The first-order chi connectivity index (χ1) is 13.6. The number of nitro groups is 1. The number of ketones is 1. The van der Waals surface area contributed by atoms with Gasteiger partial charge in [0.05, 0.1) is 11.1 Å². The molecule has 28 heavy (non-hydrogen) atoms. The predicted octanol–water partition coefficient (Wildman–Crippen LogP) is 3.37. The second-order valence-electron chi connectivity index (χ2n) is 5.74. The first-order valence-electron chi connectivity index (χ1n) is 8.28. The molecule has 7 heteroatoms. The molecule has 0 atom stereocenters. The van der Waals surface area contributed by atoms with E-state index < -0.39 is 16.4 Å². The molecular formula is C21H14N3O4-. The molecule has 0 amide bonds. The fraction of sp³-hybridized carbons (Fsp3) is 0. The Morgan fingerprint density at radius 2 is 1.50 bits per heavy atom. The van der Waals surface area contributed by atoms with Crippen LogP contribution in [0.4, 0.5) is 5.69 Å². The van der Waals surface area contributed by atoms with Crippen LogP contribution in [0.1, 0.15) is 21.5 Å². The maximum absolute atomic E-state index is 12.8. The highest BCUT2D eigenvalue weighted by Gasteiger charge is 2.16. The Morgan fingerprint density at radius 3 is 2.11 bits per heavy atom. The number of nitrogens with zero attached hydrogens (tertiary/aromatic N) is 3. The van der Waals surface area contributed by atoms with E-state index in [2.05, 4.69) is 10.2 Å². The zero-order chi connectivity index (χ0) is 19.9. The average molecular weight is 372 g/mol. The van der Waals surface area contributed by atoms with E-state index in [1.165, 1.54) is 12.3 Å². The fourth-order valence-corrected chi connectivity index (χ4v) is 2.47. The Morgan fingerprint density at radius 1 is 0.893 bits per heavy atom. The fourth-order valence-electron chi connectivity index (χ4n) is 2.47. The van der Waals surface area contributed by atoms with Crippen molar-refractivity contribution in [2.75, 3.05) is 0 Å². The van der Waals surface area contributed by atoms with Crippen LogP contribution in [0.5, 0.6) is 5.75 Å². The van der Waals surface area contributed by atoms with E-state index >= 15 is 0 Å². The van der Waals surface area contributed by atoms with Crippen LogP contribution in [0, 0.1) is 10.1 Å². The highest BCUT2D eigenvalue weighted by Crippen LogP contribution is 2.23. The maximum atomic E-state index is 12.8.